The van der Waals surface area contributed by atoms with Crippen molar-refractivity contribution in [2.24, 2.45) is 11.3 Å². The maximum Gasteiger partial charge on any atom is 0.212 e. The second-order valence-corrected chi connectivity index (χ2v) is 9.32. The lowest BCUT2D eigenvalue weighted by Crippen LogP contribution is -2.53. The van der Waals surface area contributed by atoms with Crippen molar-refractivity contribution in [3.05, 3.63) is 0 Å². The van der Waals surface area contributed by atoms with Crippen LogP contribution < -0.4 is 4.72 Å². The minimum Gasteiger partial charge on any atom is -0.212 e. The van der Waals surface area contributed by atoms with Crippen molar-refractivity contribution in [2.45, 2.75) is 58.9 Å². The zero-order valence-electron chi connectivity index (χ0n) is 11.9. The summed E-state index contributed by atoms with van der Waals surface area (Å²) >= 11 is 3.50. The summed E-state index contributed by atoms with van der Waals surface area (Å²) in [6.07, 6.45) is 4.17. The van der Waals surface area contributed by atoms with Gasteiger partial charge in [-0.05, 0) is 24.2 Å². The lowest BCUT2D eigenvalue weighted by atomic mass is 9.78. The van der Waals surface area contributed by atoms with Gasteiger partial charge in [0.15, 0.2) is 0 Å². The number of sulfonamides is 1. The number of rotatable bonds is 4. The van der Waals surface area contributed by atoms with Gasteiger partial charge in [-0.15, -0.1) is 0 Å². The Balaban J connectivity index is 2.79. The maximum atomic E-state index is 12.3. The van der Waals surface area contributed by atoms with E-state index < -0.39 is 10.0 Å². The van der Waals surface area contributed by atoms with Crippen LogP contribution in [0.2, 0.25) is 0 Å². The standard InChI is InChI=1S/C13H26BrNO2S/c1-11-6-5-7-13(8-11,9-14)15-18(16,17)10-12(2,3)4/h11,15H,5-10H2,1-4H3. The van der Waals surface area contributed by atoms with Gasteiger partial charge in [-0.2, -0.15) is 0 Å². The molecule has 0 spiro atoms. The summed E-state index contributed by atoms with van der Waals surface area (Å²) < 4.78 is 27.5. The molecule has 3 nitrogen and oxygen atoms in total. The first-order valence-corrected chi connectivity index (χ1v) is 9.43. The van der Waals surface area contributed by atoms with Gasteiger partial charge < -0.3 is 0 Å². The minimum atomic E-state index is -3.21. The van der Waals surface area contributed by atoms with Gasteiger partial charge in [0, 0.05) is 10.9 Å². The quantitative estimate of drug-likeness (QED) is 0.798. The van der Waals surface area contributed by atoms with E-state index in [0.717, 1.165) is 19.3 Å². The van der Waals surface area contributed by atoms with Gasteiger partial charge in [0.25, 0.3) is 0 Å². The molecular formula is C13H26BrNO2S. The van der Waals surface area contributed by atoms with Crippen LogP contribution in [-0.2, 0) is 10.0 Å². The van der Waals surface area contributed by atoms with Crippen LogP contribution in [-0.4, -0.2) is 25.0 Å². The van der Waals surface area contributed by atoms with Crippen LogP contribution >= 0.6 is 15.9 Å². The van der Waals surface area contributed by atoms with Gasteiger partial charge in [-0.25, -0.2) is 13.1 Å². The van der Waals surface area contributed by atoms with E-state index in [1.54, 1.807) is 0 Å². The second kappa shape index (κ2) is 5.80. The molecule has 0 radical (unpaired) electrons. The lowest BCUT2D eigenvalue weighted by Gasteiger charge is -2.39. The first kappa shape index (κ1) is 16.4. The summed E-state index contributed by atoms with van der Waals surface area (Å²) in [5.41, 5.74) is -0.485. The predicted molar refractivity (Wildman–Crippen MR) is 80.5 cm³/mol. The monoisotopic (exact) mass is 339 g/mol. The molecule has 1 fully saturated rings. The first-order valence-electron chi connectivity index (χ1n) is 6.65. The minimum absolute atomic E-state index is 0.184. The SMILES string of the molecule is CC1CCCC(CBr)(NS(=O)(=O)CC(C)(C)C)C1. The normalized spacial score (nSPS) is 30.4. The highest BCUT2D eigenvalue weighted by Gasteiger charge is 2.38. The number of alkyl halides is 1. The van der Waals surface area contributed by atoms with Gasteiger partial charge >= 0.3 is 0 Å². The van der Waals surface area contributed by atoms with E-state index >= 15 is 0 Å². The Morgan fingerprint density at radius 2 is 2.00 bits per heavy atom. The van der Waals surface area contributed by atoms with Crippen LogP contribution in [0.3, 0.4) is 0 Å². The molecule has 0 saturated heterocycles. The molecule has 1 aliphatic rings. The molecular weight excluding hydrogens is 314 g/mol. The van der Waals surface area contributed by atoms with E-state index in [0.29, 0.717) is 11.2 Å². The molecule has 5 heteroatoms. The number of halogens is 1. The number of hydrogen-bond donors (Lipinski definition) is 1. The fourth-order valence-corrected chi connectivity index (χ4v) is 5.80. The highest BCUT2D eigenvalue weighted by Crippen LogP contribution is 2.34. The third-order valence-corrected chi connectivity index (χ3v) is 6.41. The largest absolute Gasteiger partial charge is 0.212 e. The van der Waals surface area contributed by atoms with Crippen molar-refractivity contribution in [1.82, 2.24) is 4.72 Å². The van der Waals surface area contributed by atoms with E-state index in [1.807, 2.05) is 20.8 Å². The molecule has 0 aliphatic heterocycles. The molecule has 1 saturated carbocycles. The van der Waals surface area contributed by atoms with Gasteiger partial charge in [0.2, 0.25) is 10.0 Å². The molecule has 18 heavy (non-hydrogen) atoms. The smallest absolute Gasteiger partial charge is 0.212 e. The van der Waals surface area contributed by atoms with Crippen LogP contribution in [0.25, 0.3) is 0 Å². The van der Waals surface area contributed by atoms with Crippen molar-refractivity contribution in [2.75, 3.05) is 11.1 Å². The Labute approximate surface area is 120 Å². The highest BCUT2D eigenvalue weighted by molar-refractivity contribution is 9.09. The fraction of sp³-hybridized carbons (Fsp3) is 1.00. The topological polar surface area (TPSA) is 46.2 Å². The average molecular weight is 340 g/mol. The van der Waals surface area contributed by atoms with Crippen molar-refractivity contribution in [1.29, 1.82) is 0 Å². The van der Waals surface area contributed by atoms with Crippen LogP contribution in [0.5, 0.6) is 0 Å². The number of hydrogen-bond acceptors (Lipinski definition) is 2. The maximum absolute atomic E-state index is 12.3. The lowest BCUT2D eigenvalue weighted by molar-refractivity contribution is 0.241. The van der Waals surface area contributed by atoms with Crippen LogP contribution in [0.15, 0.2) is 0 Å². The summed E-state index contributed by atoms with van der Waals surface area (Å²) in [4.78, 5) is 0. The van der Waals surface area contributed by atoms with Gasteiger partial charge in [-0.3, -0.25) is 0 Å². The van der Waals surface area contributed by atoms with Crippen LogP contribution in [0.1, 0.15) is 53.4 Å². The zero-order chi connectivity index (χ0) is 14.0. The Morgan fingerprint density at radius 3 is 2.44 bits per heavy atom. The Morgan fingerprint density at radius 1 is 1.39 bits per heavy atom. The molecule has 0 aromatic rings. The summed E-state index contributed by atoms with van der Waals surface area (Å²) in [7, 11) is -3.21. The summed E-state index contributed by atoms with van der Waals surface area (Å²) in [6, 6.07) is 0. The first-order chi connectivity index (χ1) is 8.08. The third-order valence-electron chi connectivity index (χ3n) is 3.34. The molecule has 0 aromatic heterocycles. The molecule has 1 rings (SSSR count). The Bertz CT molecular complexity index is 375. The Hall–Kier alpha value is 0.390. The van der Waals surface area contributed by atoms with Crippen LogP contribution in [0.4, 0.5) is 0 Å². The average Bonchev–Trinajstić information content (AvgIpc) is 2.12. The van der Waals surface area contributed by atoms with Crippen molar-refractivity contribution in [3.8, 4) is 0 Å². The third kappa shape index (κ3) is 5.17. The van der Waals surface area contributed by atoms with Gasteiger partial charge in [0.05, 0.1) is 5.75 Å². The molecule has 0 bridgehead atoms. The molecule has 1 aliphatic carbocycles. The second-order valence-electron chi connectivity index (χ2n) is 7.04. The van der Waals surface area contributed by atoms with E-state index in [9.17, 15) is 8.42 Å². The molecule has 0 aromatic carbocycles. The highest BCUT2D eigenvalue weighted by atomic mass is 79.9. The summed E-state index contributed by atoms with van der Waals surface area (Å²) in [5.74, 6) is 0.775. The molecule has 1 N–H and O–H groups in total. The van der Waals surface area contributed by atoms with E-state index in [-0.39, 0.29) is 16.7 Å². The molecule has 2 atom stereocenters. The van der Waals surface area contributed by atoms with Crippen molar-refractivity contribution in [3.63, 3.8) is 0 Å². The molecule has 0 heterocycles. The fourth-order valence-electron chi connectivity index (χ4n) is 2.84. The molecule has 108 valence electrons. The molecule has 2 unspecified atom stereocenters. The number of nitrogens with one attached hydrogen (secondary N) is 1. The summed E-state index contributed by atoms with van der Waals surface area (Å²) in [6.45, 7) is 8.07. The van der Waals surface area contributed by atoms with Gasteiger partial charge in [0.1, 0.15) is 0 Å². The predicted octanol–water partition coefficient (Wildman–Crippen LogP) is 3.30. The Kier molecular flexibility index (Phi) is 5.30. The van der Waals surface area contributed by atoms with Crippen molar-refractivity contribution < 1.29 is 8.42 Å². The van der Waals surface area contributed by atoms with E-state index in [2.05, 4.69) is 27.6 Å². The van der Waals surface area contributed by atoms with Crippen LogP contribution in [0, 0.1) is 11.3 Å². The zero-order valence-corrected chi connectivity index (χ0v) is 14.3. The van der Waals surface area contributed by atoms with E-state index in [4.69, 9.17) is 0 Å². The molecule has 0 amide bonds. The van der Waals surface area contributed by atoms with Gasteiger partial charge in [-0.1, -0.05) is 56.5 Å². The summed E-state index contributed by atoms with van der Waals surface area (Å²) in [5, 5.41) is 0.702. The van der Waals surface area contributed by atoms with E-state index in [1.165, 1.54) is 6.42 Å². The van der Waals surface area contributed by atoms with Crippen molar-refractivity contribution >= 4 is 26.0 Å².